The van der Waals surface area contributed by atoms with E-state index in [9.17, 15) is 30.3 Å². The lowest BCUT2D eigenvalue weighted by Gasteiger charge is -2.14. The monoisotopic (exact) mass is 381 g/mol. The first-order valence-electron chi connectivity index (χ1n) is 8.44. The zero-order valence-electron chi connectivity index (χ0n) is 14.7. The minimum Gasteiger partial charge on any atom is -0.478 e. The highest BCUT2D eigenvalue weighted by molar-refractivity contribution is 6.12. The maximum Gasteiger partial charge on any atom is 0.337 e. The summed E-state index contributed by atoms with van der Waals surface area (Å²) in [5.41, 5.74) is 1.53. The molecule has 0 fully saturated rings. The number of rotatable bonds is 3. The van der Waals surface area contributed by atoms with Crippen molar-refractivity contribution in [3.63, 3.8) is 0 Å². The van der Waals surface area contributed by atoms with Gasteiger partial charge in [0.05, 0.1) is 51.1 Å². The van der Waals surface area contributed by atoms with Gasteiger partial charge < -0.3 is 14.8 Å². The number of hydrogen-bond acceptors (Lipinski definition) is 4. The van der Waals surface area contributed by atoms with Crippen LogP contribution in [0.1, 0.15) is 31.8 Å². The number of aromatic nitrogens is 1. The number of nitriles is 2. The first-order valence-corrected chi connectivity index (χ1v) is 8.44. The third-order valence-electron chi connectivity index (χ3n) is 4.74. The van der Waals surface area contributed by atoms with Crippen LogP contribution in [0.3, 0.4) is 0 Å². The van der Waals surface area contributed by atoms with Crippen LogP contribution < -0.4 is 0 Å². The highest BCUT2D eigenvalue weighted by Gasteiger charge is 2.23. The van der Waals surface area contributed by atoms with Gasteiger partial charge in [0.15, 0.2) is 0 Å². The lowest BCUT2D eigenvalue weighted by Crippen LogP contribution is -2.12. The minimum absolute atomic E-state index is 0.0157. The number of benzene rings is 3. The number of carboxylic acid groups (broad SMARTS) is 2. The number of para-hydroxylation sites is 1. The number of nitrogens with zero attached hydrogens (tertiary/aromatic N) is 3. The molecule has 1 aromatic heterocycles. The highest BCUT2D eigenvalue weighted by Crippen LogP contribution is 2.35. The molecule has 1 heterocycles. The van der Waals surface area contributed by atoms with E-state index in [-0.39, 0.29) is 16.8 Å². The number of carbonyl (C=O) groups is 2. The molecule has 0 amide bonds. The van der Waals surface area contributed by atoms with Crippen LogP contribution >= 0.6 is 0 Å². The molecule has 4 rings (SSSR count). The summed E-state index contributed by atoms with van der Waals surface area (Å²) in [6.45, 7) is 0. The molecular weight excluding hydrogens is 370 g/mol. The van der Waals surface area contributed by atoms with Crippen molar-refractivity contribution in [3.05, 3.63) is 76.9 Å². The van der Waals surface area contributed by atoms with Crippen molar-refractivity contribution in [2.24, 2.45) is 0 Å². The Bertz CT molecular complexity index is 1330. The first kappa shape index (κ1) is 17.8. The third-order valence-corrected chi connectivity index (χ3v) is 4.74. The van der Waals surface area contributed by atoms with Crippen LogP contribution in [0.15, 0.2) is 54.6 Å². The average molecular weight is 381 g/mol. The zero-order chi connectivity index (χ0) is 20.7. The smallest absolute Gasteiger partial charge is 0.337 e. The Morgan fingerprint density at radius 3 is 1.59 bits per heavy atom. The molecule has 0 aliphatic rings. The quantitative estimate of drug-likeness (QED) is 0.554. The molecule has 0 radical (unpaired) electrons. The van der Waals surface area contributed by atoms with E-state index in [4.69, 9.17) is 0 Å². The first-order chi connectivity index (χ1) is 14.0. The van der Waals surface area contributed by atoms with Gasteiger partial charge in [0, 0.05) is 10.8 Å². The molecule has 0 bridgehead atoms. The molecule has 2 N–H and O–H groups in total. The molecule has 0 aliphatic carbocycles. The van der Waals surface area contributed by atoms with Crippen molar-refractivity contribution in [1.29, 1.82) is 10.5 Å². The topological polar surface area (TPSA) is 127 Å². The number of carboxylic acids is 2. The van der Waals surface area contributed by atoms with Gasteiger partial charge in [-0.05, 0) is 48.5 Å². The fourth-order valence-electron chi connectivity index (χ4n) is 3.53. The van der Waals surface area contributed by atoms with Gasteiger partial charge in [0.1, 0.15) is 0 Å². The normalized spacial score (nSPS) is 10.6. The van der Waals surface area contributed by atoms with E-state index in [2.05, 4.69) is 12.1 Å². The Morgan fingerprint density at radius 2 is 1.21 bits per heavy atom. The Morgan fingerprint density at radius 1 is 0.759 bits per heavy atom. The standard InChI is InChI=1S/C22H11N3O4/c23-10-12-4-6-18-16(8-12)17-9-13(11-24)5-7-19(17)25(18)20-14(21(26)27)2-1-3-15(20)22(28)29/h1-9H,(H,26,27)(H,28,29). The molecule has 4 aromatic rings. The largest absolute Gasteiger partial charge is 0.478 e. The summed E-state index contributed by atoms with van der Waals surface area (Å²) in [4.78, 5) is 23.7. The van der Waals surface area contributed by atoms with Crippen LogP contribution in [0.25, 0.3) is 27.5 Å². The van der Waals surface area contributed by atoms with Gasteiger partial charge in [-0.15, -0.1) is 0 Å². The summed E-state index contributed by atoms with van der Waals surface area (Å²) in [7, 11) is 0. The molecule has 7 nitrogen and oxygen atoms in total. The van der Waals surface area contributed by atoms with Crippen LogP contribution in [-0.2, 0) is 0 Å². The van der Waals surface area contributed by atoms with Gasteiger partial charge in [0.25, 0.3) is 0 Å². The van der Waals surface area contributed by atoms with Gasteiger partial charge >= 0.3 is 11.9 Å². The summed E-state index contributed by atoms with van der Waals surface area (Å²) < 4.78 is 1.56. The van der Waals surface area contributed by atoms with Crippen molar-refractivity contribution >= 4 is 33.7 Å². The molecule has 29 heavy (non-hydrogen) atoms. The van der Waals surface area contributed by atoms with E-state index in [0.717, 1.165) is 0 Å². The van der Waals surface area contributed by atoms with Gasteiger partial charge in [-0.2, -0.15) is 10.5 Å². The predicted octanol–water partition coefficient (Wildman–Crippen LogP) is 3.92. The molecule has 3 aromatic carbocycles. The Hall–Kier alpha value is -4.62. The highest BCUT2D eigenvalue weighted by atomic mass is 16.4. The summed E-state index contributed by atoms with van der Waals surface area (Å²) >= 11 is 0. The fourth-order valence-corrected chi connectivity index (χ4v) is 3.53. The molecule has 0 spiro atoms. The maximum absolute atomic E-state index is 11.9. The van der Waals surface area contributed by atoms with Crippen molar-refractivity contribution in [2.75, 3.05) is 0 Å². The second-order valence-corrected chi connectivity index (χ2v) is 6.33. The predicted molar refractivity (Wildman–Crippen MR) is 104 cm³/mol. The van der Waals surface area contributed by atoms with E-state index >= 15 is 0 Å². The lowest BCUT2D eigenvalue weighted by atomic mass is 10.1. The zero-order valence-corrected chi connectivity index (χ0v) is 14.7. The van der Waals surface area contributed by atoms with Gasteiger partial charge in [-0.25, -0.2) is 9.59 Å². The maximum atomic E-state index is 11.9. The van der Waals surface area contributed by atoms with Crippen LogP contribution in [0.4, 0.5) is 0 Å². The van der Waals surface area contributed by atoms with Gasteiger partial charge in [-0.1, -0.05) is 6.07 Å². The van der Waals surface area contributed by atoms with Crippen LogP contribution in [-0.4, -0.2) is 26.7 Å². The molecule has 138 valence electrons. The molecule has 0 atom stereocenters. The van der Waals surface area contributed by atoms with E-state index in [0.29, 0.717) is 32.9 Å². The van der Waals surface area contributed by atoms with Crippen molar-refractivity contribution < 1.29 is 19.8 Å². The molecule has 0 saturated heterocycles. The molecule has 7 heteroatoms. The minimum atomic E-state index is -1.26. The second-order valence-electron chi connectivity index (χ2n) is 6.33. The van der Waals surface area contributed by atoms with Crippen molar-refractivity contribution in [3.8, 4) is 17.8 Å². The molecule has 0 saturated carbocycles. The molecule has 0 aliphatic heterocycles. The van der Waals surface area contributed by atoms with E-state index < -0.39 is 11.9 Å². The molecular formula is C22H11N3O4. The Labute approximate surface area is 163 Å². The van der Waals surface area contributed by atoms with E-state index in [1.54, 1.807) is 41.0 Å². The summed E-state index contributed by atoms with van der Waals surface area (Å²) in [6.07, 6.45) is 0. The summed E-state index contributed by atoms with van der Waals surface area (Å²) in [6, 6.07) is 17.9. The van der Waals surface area contributed by atoms with Crippen molar-refractivity contribution in [1.82, 2.24) is 4.57 Å². The summed E-state index contributed by atoms with van der Waals surface area (Å²) in [5, 5.41) is 39.1. The number of hydrogen-bond donors (Lipinski definition) is 2. The molecule has 0 unspecified atom stereocenters. The SMILES string of the molecule is N#Cc1ccc2c(c1)c1cc(C#N)ccc1n2-c1c(C(=O)O)cccc1C(=O)O. The average Bonchev–Trinajstić information content (AvgIpc) is 3.05. The van der Waals surface area contributed by atoms with Gasteiger partial charge in [0.2, 0.25) is 0 Å². The third kappa shape index (κ3) is 2.66. The number of fused-ring (bicyclic) bond motifs is 3. The Balaban J connectivity index is 2.27. The van der Waals surface area contributed by atoms with Crippen LogP contribution in [0, 0.1) is 22.7 Å². The summed E-state index contributed by atoms with van der Waals surface area (Å²) in [5.74, 6) is -2.53. The second kappa shape index (κ2) is 6.52. The lowest BCUT2D eigenvalue weighted by molar-refractivity contribution is 0.0696. The van der Waals surface area contributed by atoms with Crippen molar-refractivity contribution in [2.45, 2.75) is 0 Å². The fraction of sp³-hybridized carbons (Fsp3) is 0. The Kier molecular flexibility index (Phi) is 4.00. The van der Waals surface area contributed by atoms with E-state index in [1.807, 2.05) is 0 Å². The van der Waals surface area contributed by atoms with Gasteiger partial charge in [-0.3, -0.25) is 0 Å². The van der Waals surface area contributed by atoms with Crippen LogP contribution in [0.2, 0.25) is 0 Å². The van der Waals surface area contributed by atoms with Crippen LogP contribution in [0.5, 0.6) is 0 Å². The van der Waals surface area contributed by atoms with E-state index in [1.165, 1.54) is 18.2 Å². The number of aromatic carboxylic acids is 2.